The van der Waals surface area contributed by atoms with Crippen LogP contribution in [-0.2, 0) is 14.3 Å². The Bertz CT molecular complexity index is 781. The fourth-order valence-corrected chi connectivity index (χ4v) is 5.84. The molecular formula is C26H47N3O5Si. The largest absolute Gasteiger partial charge is 0.444 e. The zero-order valence-corrected chi connectivity index (χ0v) is 23.9. The first-order valence-electron chi connectivity index (χ1n) is 13.4. The Balaban J connectivity index is 1.57. The number of hydrogen-bond acceptors (Lipinski definition) is 5. The van der Waals surface area contributed by atoms with Crippen LogP contribution in [0.2, 0.25) is 25.7 Å². The number of nitrogens with one attached hydrogen (secondary N) is 1. The third-order valence-corrected chi connectivity index (χ3v) is 9.08. The van der Waals surface area contributed by atoms with Gasteiger partial charge in [0.1, 0.15) is 17.9 Å². The molecule has 8 nitrogen and oxygen atoms in total. The number of ether oxygens (including phenoxy) is 2. The monoisotopic (exact) mass is 509 g/mol. The predicted molar refractivity (Wildman–Crippen MR) is 139 cm³/mol. The van der Waals surface area contributed by atoms with Gasteiger partial charge >= 0.3 is 12.1 Å². The number of rotatable bonds is 10. The number of alkyl carbamates (subject to hydrolysis) is 1. The Morgan fingerprint density at radius 1 is 1.06 bits per heavy atom. The quantitative estimate of drug-likeness (QED) is 0.248. The second kappa shape index (κ2) is 10.8. The molecule has 0 spiro atoms. The van der Waals surface area contributed by atoms with Gasteiger partial charge in [-0.05, 0) is 90.5 Å². The molecule has 1 atom stereocenters. The van der Waals surface area contributed by atoms with E-state index in [0.29, 0.717) is 31.4 Å². The van der Waals surface area contributed by atoms with Gasteiger partial charge in [-0.25, -0.2) is 14.5 Å². The second-order valence-corrected chi connectivity index (χ2v) is 18.9. The number of carbonyl (C=O) groups is 3. The maximum atomic E-state index is 13.6. The summed E-state index contributed by atoms with van der Waals surface area (Å²) in [6.45, 7) is 15.7. The summed E-state index contributed by atoms with van der Waals surface area (Å²) in [4.78, 5) is 42.2. The first-order valence-corrected chi connectivity index (χ1v) is 17.1. The lowest BCUT2D eigenvalue weighted by molar-refractivity contribution is -0.136. The van der Waals surface area contributed by atoms with E-state index in [0.717, 1.165) is 44.6 Å². The molecule has 1 N–H and O–H groups in total. The maximum absolute atomic E-state index is 13.6. The Kier molecular flexibility index (Phi) is 8.62. The Morgan fingerprint density at radius 3 is 2.20 bits per heavy atom. The molecule has 0 aromatic carbocycles. The molecule has 2 aliphatic carbocycles. The molecule has 1 heterocycles. The number of nitrogens with zero attached hydrogens (tertiary/aromatic N) is 2. The van der Waals surface area contributed by atoms with Crippen molar-refractivity contribution in [3.8, 4) is 0 Å². The molecule has 0 bridgehead atoms. The Hall–Kier alpha value is -1.61. The molecule has 0 radical (unpaired) electrons. The molecular weight excluding hydrogens is 462 g/mol. The SMILES string of the molecule is CC(C)(C)OC(=O)NC1CCC(C[C@@]2(C)C(=O)N(COCC[Si](C)(C)C)C(=O)N2CC2CC2)CC1. The summed E-state index contributed by atoms with van der Waals surface area (Å²) >= 11 is 0. The van der Waals surface area contributed by atoms with Crippen LogP contribution in [0.3, 0.4) is 0 Å². The van der Waals surface area contributed by atoms with Gasteiger partial charge in [-0.2, -0.15) is 0 Å². The van der Waals surface area contributed by atoms with E-state index in [9.17, 15) is 14.4 Å². The van der Waals surface area contributed by atoms with Crippen molar-refractivity contribution in [2.24, 2.45) is 11.8 Å². The lowest BCUT2D eigenvalue weighted by atomic mass is 9.78. The third-order valence-electron chi connectivity index (χ3n) is 7.37. The molecule has 0 aromatic heterocycles. The Labute approximate surface area is 212 Å². The van der Waals surface area contributed by atoms with E-state index in [2.05, 4.69) is 25.0 Å². The number of urea groups is 1. The topological polar surface area (TPSA) is 88.2 Å². The molecule has 3 rings (SSSR count). The highest BCUT2D eigenvalue weighted by Gasteiger charge is 2.55. The molecule has 9 heteroatoms. The maximum Gasteiger partial charge on any atom is 0.407 e. The van der Waals surface area contributed by atoms with Gasteiger partial charge in [0, 0.05) is 27.3 Å². The van der Waals surface area contributed by atoms with Crippen LogP contribution in [0.15, 0.2) is 0 Å². The lowest BCUT2D eigenvalue weighted by Crippen LogP contribution is -2.50. The number of hydrogen-bond donors (Lipinski definition) is 1. The van der Waals surface area contributed by atoms with E-state index < -0.39 is 19.2 Å². The van der Waals surface area contributed by atoms with Crippen LogP contribution in [0.4, 0.5) is 9.59 Å². The fraction of sp³-hybridized carbons (Fsp3) is 0.885. The molecule has 1 aliphatic heterocycles. The summed E-state index contributed by atoms with van der Waals surface area (Å²) in [5, 5.41) is 2.99. The van der Waals surface area contributed by atoms with Crippen LogP contribution in [0.1, 0.15) is 72.6 Å². The van der Waals surface area contributed by atoms with E-state index in [4.69, 9.17) is 9.47 Å². The first-order chi connectivity index (χ1) is 16.2. The van der Waals surface area contributed by atoms with E-state index in [1.54, 1.807) is 0 Å². The van der Waals surface area contributed by atoms with Crippen molar-refractivity contribution >= 4 is 26.1 Å². The van der Waals surface area contributed by atoms with Crippen LogP contribution in [0.5, 0.6) is 0 Å². The van der Waals surface area contributed by atoms with Crippen LogP contribution >= 0.6 is 0 Å². The molecule has 0 unspecified atom stereocenters. The van der Waals surface area contributed by atoms with Crippen molar-refractivity contribution < 1.29 is 23.9 Å². The second-order valence-electron chi connectivity index (χ2n) is 13.3. The van der Waals surface area contributed by atoms with Gasteiger partial charge in [0.05, 0.1) is 0 Å². The molecule has 3 fully saturated rings. The summed E-state index contributed by atoms with van der Waals surface area (Å²) in [5.74, 6) is 0.723. The summed E-state index contributed by atoms with van der Waals surface area (Å²) < 4.78 is 11.2. The lowest BCUT2D eigenvalue weighted by Gasteiger charge is -2.37. The summed E-state index contributed by atoms with van der Waals surface area (Å²) in [5.41, 5.74) is -1.33. The normalized spacial score (nSPS) is 28.0. The molecule has 35 heavy (non-hydrogen) atoms. The summed E-state index contributed by atoms with van der Waals surface area (Å²) in [6.07, 6.45) is 6.09. The van der Waals surface area contributed by atoms with Crippen molar-refractivity contribution in [1.82, 2.24) is 15.1 Å². The molecule has 2 saturated carbocycles. The summed E-state index contributed by atoms with van der Waals surface area (Å²) in [6, 6.07) is 0.902. The van der Waals surface area contributed by atoms with E-state index in [-0.39, 0.29) is 30.8 Å². The highest BCUT2D eigenvalue weighted by molar-refractivity contribution is 6.76. The van der Waals surface area contributed by atoms with Crippen LogP contribution < -0.4 is 5.32 Å². The van der Waals surface area contributed by atoms with Crippen molar-refractivity contribution in [3.05, 3.63) is 0 Å². The van der Waals surface area contributed by atoms with Gasteiger partial charge in [-0.15, -0.1) is 0 Å². The molecule has 4 amide bonds. The van der Waals surface area contributed by atoms with Crippen molar-refractivity contribution in [3.63, 3.8) is 0 Å². The van der Waals surface area contributed by atoms with Gasteiger partial charge < -0.3 is 19.7 Å². The third kappa shape index (κ3) is 7.94. The molecule has 200 valence electrons. The van der Waals surface area contributed by atoms with Gasteiger partial charge in [0.15, 0.2) is 0 Å². The number of carbonyl (C=O) groups excluding carboxylic acids is 3. The Morgan fingerprint density at radius 2 is 1.66 bits per heavy atom. The van der Waals surface area contributed by atoms with Crippen LogP contribution in [-0.4, -0.2) is 73.0 Å². The highest BCUT2D eigenvalue weighted by atomic mass is 28.3. The molecule has 1 saturated heterocycles. The van der Waals surface area contributed by atoms with Gasteiger partial charge in [0.2, 0.25) is 0 Å². The minimum Gasteiger partial charge on any atom is -0.444 e. The average molecular weight is 510 g/mol. The highest BCUT2D eigenvalue weighted by Crippen LogP contribution is 2.41. The minimum absolute atomic E-state index is 0.0471. The minimum atomic E-state index is -1.24. The van der Waals surface area contributed by atoms with Crippen molar-refractivity contribution in [2.75, 3.05) is 19.9 Å². The van der Waals surface area contributed by atoms with E-state index in [1.807, 2.05) is 32.6 Å². The van der Waals surface area contributed by atoms with Gasteiger partial charge in [-0.1, -0.05) is 19.6 Å². The zero-order valence-electron chi connectivity index (χ0n) is 22.9. The molecule has 3 aliphatic rings. The van der Waals surface area contributed by atoms with Crippen LogP contribution in [0, 0.1) is 11.8 Å². The fourth-order valence-electron chi connectivity index (χ4n) is 5.08. The van der Waals surface area contributed by atoms with Crippen LogP contribution in [0.25, 0.3) is 0 Å². The standard InChI is InChI=1S/C26H47N3O5Si/c1-25(2,3)34-23(31)27-21-12-10-19(11-13-21)16-26(4)22(30)28(18-33-14-15-35(5,6)7)24(32)29(26)17-20-8-9-20/h19-21H,8-18H2,1-7H3,(H,27,31)/t19?,21?,26-/m0/s1. The van der Waals surface area contributed by atoms with Crippen molar-refractivity contribution in [2.45, 2.75) is 116 Å². The average Bonchev–Trinajstić information content (AvgIpc) is 3.52. The first kappa shape index (κ1) is 28.0. The van der Waals surface area contributed by atoms with Gasteiger partial charge in [0.25, 0.3) is 5.91 Å². The van der Waals surface area contributed by atoms with E-state index >= 15 is 0 Å². The smallest absolute Gasteiger partial charge is 0.407 e. The van der Waals surface area contributed by atoms with Crippen molar-refractivity contribution in [1.29, 1.82) is 0 Å². The number of amides is 4. The molecule has 0 aromatic rings. The van der Waals surface area contributed by atoms with Gasteiger partial charge in [-0.3, -0.25) is 4.79 Å². The zero-order chi connectivity index (χ0) is 26.0. The van der Waals surface area contributed by atoms with E-state index in [1.165, 1.54) is 4.90 Å². The number of imide groups is 1. The predicted octanol–water partition coefficient (Wildman–Crippen LogP) is 5.21. The summed E-state index contributed by atoms with van der Waals surface area (Å²) in [7, 11) is -1.24.